The molecule has 0 spiro atoms. The van der Waals surface area contributed by atoms with Crippen LogP contribution in [0.1, 0.15) is 12.5 Å². The third kappa shape index (κ3) is 2.35. The predicted octanol–water partition coefficient (Wildman–Crippen LogP) is 3.01. The number of aromatic nitrogens is 2. The van der Waals surface area contributed by atoms with Crippen molar-refractivity contribution < 1.29 is 9.47 Å². The molecule has 6 heteroatoms. The number of benzene rings is 1. The molecule has 0 amide bonds. The van der Waals surface area contributed by atoms with Gasteiger partial charge in [0.15, 0.2) is 11.5 Å². The van der Waals surface area contributed by atoms with Crippen LogP contribution in [0.25, 0.3) is 11.3 Å². The van der Waals surface area contributed by atoms with E-state index in [2.05, 4.69) is 28.0 Å². The van der Waals surface area contributed by atoms with Crippen molar-refractivity contribution in [3.05, 3.63) is 22.2 Å². The van der Waals surface area contributed by atoms with E-state index in [9.17, 15) is 0 Å². The fourth-order valence-electron chi connectivity index (χ4n) is 2.11. The minimum atomic E-state index is 0.592. The first kappa shape index (κ1) is 14.7. The Morgan fingerprint density at radius 3 is 2.45 bits per heavy atom. The number of hydrogen-bond acceptors (Lipinski definition) is 4. The van der Waals surface area contributed by atoms with Gasteiger partial charge < -0.3 is 15.2 Å². The molecule has 0 unspecified atom stereocenters. The van der Waals surface area contributed by atoms with E-state index in [4.69, 9.17) is 15.2 Å². The van der Waals surface area contributed by atoms with Crippen molar-refractivity contribution in [2.45, 2.75) is 13.3 Å². The highest BCUT2D eigenvalue weighted by atomic mass is 79.9. The summed E-state index contributed by atoms with van der Waals surface area (Å²) in [7, 11) is 5.05. The molecule has 1 aromatic carbocycles. The van der Waals surface area contributed by atoms with Gasteiger partial charge >= 0.3 is 0 Å². The molecule has 2 rings (SSSR count). The first-order chi connectivity index (χ1) is 9.53. The normalized spacial score (nSPS) is 10.7. The number of halogens is 1. The lowest BCUT2D eigenvalue weighted by Crippen LogP contribution is -1.99. The summed E-state index contributed by atoms with van der Waals surface area (Å²) in [5.74, 6) is 1.93. The largest absolute Gasteiger partial charge is 0.493 e. The van der Waals surface area contributed by atoms with Crippen LogP contribution in [0.3, 0.4) is 0 Å². The van der Waals surface area contributed by atoms with Crippen LogP contribution in [0.4, 0.5) is 5.82 Å². The van der Waals surface area contributed by atoms with E-state index in [1.807, 2.05) is 12.1 Å². The minimum Gasteiger partial charge on any atom is -0.493 e. The minimum absolute atomic E-state index is 0.592. The molecule has 0 saturated carbocycles. The van der Waals surface area contributed by atoms with E-state index in [0.717, 1.165) is 27.7 Å². The van der Waals surface area contributed by atoms with Gasteiger partial charge in [0.25, 0.3) is 0 Å². The molecule has 0 aliphatic heterocycles. The number of hydrogen-bond donors (Lipinski definition) is 1. The Bertz CT molecular complexity index is 618. The van der Waals surface area contributed by atoms with Crippen molar-refractivity contribution in [1.82, 2.24) is 9.78 Å². The molecule has 0 radical (unpaired) electrons. The van der Waals surface area contributed by atoms with Crippen molar-refractivity contribution in [1.29, 1.82) is 0 Å². The highest BCUT2D eigenvalue weighted by Gasteiger charge is 2.21. The van der Waals surface area contributed by atoms with Gasteiger partial charge in [-0.1, -0.05) is 6.92 Å². The third-order valence-electron chi connectivity index (χ3n) is 3.23. The number of nitrogens with zero attached hydrogens (tertiary/aromatic N) is 2. The maximum atomic E-state index is 5.87. The summed E-state index contributed by atoms with van der Waals surface area (Å²) in [6, 6.07) is 3.79. The predicted molar refractivity (Wildman–Crippen MR) is 83.2 cm³/mol. The summed E-state index contributed by atoms with van der Waals surface area (Å²) >= 11 is 3.64. The second-order valence-electron chi connectivity index (χ2n) is 4.39. The van der Waals surface area contributed by atoms with Crippen molar-refractivity contribution in [2.24, 2.45) is 7.05 Å². The first-order valence-electron chi connectivity index (χ1n) is 6.26. The lowest BCUT2D eigenvalue weighted by Gasteiger charge is -2.16. The molecule has 1 heterocycles. The zero-order chi connectivity index (χ0) is 14.9. The number of nitrogens with two attached hydrogens (primary N) is 1. The summed E-state index contributed by atoms with van der Waals surface area (Å²) in [4.78, 5) is 0. The Morgan fingerprint density at radius 1 is 1.30 bits per heavy atom. The molecular formula is C14H18BrN3O2. The Balaban J connectivity index is 2.77. The van der Waals surface area contributed by atoms with Gasteiger partial charge in [-0.2, -0.15) is 5.10 Å². The lowest BCUT2D eigenvalue weighted by molar-refractivity contribution is 0.355. The SMILES string of the molecule is CCc1cc(OC)c(OC)c(-c2cc(N)n(C)n2)c1Br. The van der Waals surface area contributed by atoms with Gasteiger partial charge in [0.05, 0.1) is 25.5 Å². The highest BCUT2D eigenvalue weighted by molar-refractivity contribution is 9.10. The van der Waals surface area contributed by atoms with Gasteiger partial charge in [-0.15, -0.1) is 0 Å². The fourth-order valence-corrected chi connectivity index (χ4v) is 2.89. The number of rotatable bonds is 4. The second kappa shape index (κ2) is 5.75. The standard InChI is InChI=1S/C14H18BrN3O2/c1-5-8-6-10(19-3)14(20-4)12(13(8)15)9-7-11(16)18(2)17-9/h6-7H,5,16H2,1-4H3. The highest BCUT2D eigenvalue weighted by Crippen LogP contribution is 2.45. The van der Waals surface area contributed by atoms with Crippen LogP contribution >= 0.6 is 15.9 Å². The number of methoxy groups -OCH3 is 2. The topological polar surface area (TPSA) is 62.3 Å². The Kier molecular flexibility index (Phi) is 4.23. The molecule has 0 bridgehead atoms. The molecule has 5 nitrogen and oxygen atoms in total. The number of ether oxygens (including phenoxy) is 2. The van der Waals surface area contributed by atoms with Crippen LogP contribution in [0.2, 0.25) is 0 Å². The summed E-state index contributed by atoms with van der Waals surface area (Å²) < 4.78 is 13.5. The van der Waals surface area contributed by atoms with Gasteiger partial charge in [0.2, 0.25) is 0 Å². The van der Waals surface area contributed by atoms with E-state index in [0.29, 0.717) is 17.3 Å². The fraction of sp³-hybridized carbons (Fsp3) is 0.357. The van der Waals surface area contributed by atoms with E-state index >= 15 is 0 Å². The Labute approximate surface area is 126 Å². The monoisotopic (exact) mass is 339 g/mol. The van der Waals surface area contributed by atoms with E-state index in [1.165, 1.54) is 0 Å². The summed E-state index contributed by atoms with van der Waals surface area (Å²) in [6.45, 7) is 2.09. The van der Waals surface area contributed by atoms with Gasteiger partial charge in [-0.25, -0.2) is 0 Å². The Morgan fingerprint density at radius 2 is 2.00 bits per heavy atom. The summed E-state index contributed by atoms with van der Waals surface area (Å²) in [5, 5.41) is 4.43. The van der Waals surface area contributed by atoms with Crippen LogP contribution in [-0.2, 0) is 13.5 Å². The molecule has 0 fully saturated rings. The van der Waals surface area contributed by atoms with Gasteiger partial charge in [-0.3, -0.25) is 4.68 Å². The molecule has 0 aliphatic carbocycles. The zero-order valence-corrected chi connectivity index (χ0v) is 13.6. The molecular weight excluding hydrogens is 322 g/mol. The Hall–Kier alpha value is -1.69. The van der Waals surface area contributed by atoms with Crippen LogP contribution in [-0.4, -0.2) is 24.0 Å². The maximum absolute atomic E-state index is 5.87. The van der Waals surface area contributed by atoms with Crippen molar-refractivity contribution in [2.75, 3.05) is 20.0 Å². The van der Waals surface area contributed by atoms with Crippen LogP contribution in [0.5, 0.6) is 11.5 Å². The molecule has 0 saturated heterocycles. The van der Waals surface area contributed by atoms with E-state index in [-0.39, 0.29) is 0 Å². The van der Waals surface area contributed by atoms with Crippen molar-refractivity contribution in [3.63, 3.8) is 0 Å². The van der Waals surface area contributed by atoms with Gasteiger partial charge in [0.1, 0.15) is 5.82 Å². The average molecular weight is 340 g/mol. The molecule has 2 N–H and O–H groups in total. The van der Waals surface area contributed by atoms with E-state index in [1.54, 1.807) is 25.9 Å². The van der Waals surface area contributed by atoms with Gasteiger partial charge in [-0.05, 0) is 34.0 Å². The van der Waals surface area contributed by atoms with E-state index < -0.39 is 0 Å². The summed E-state index contributed by atoms with van der Waals surface area (Å²) in [6.07, 6.45) is 0.871. The number of aryl methyl sites for hydroxylation is 2. The molecule has 0 aliphatic rings. The molecule has 1 aromatic heterocycles. The molecule has 0 atom stereocenters. The lowest BCUT2D eigenvalue weighted by atomic mass is 10.0. The average Bonchev–Trinajstić information content (AvgIpc) is 2.77. The smallest absolute Gasteiger partial charge is 0.171 e. The summed E-state index contributed by atoms with van der Waals surface area (Å²) in [5.41, 5.74) is 8.61. The van der Waals surface area contributed by atoms with Crippen molar-refractivity contribution in [3.8, 4) is 22.8 Å². The van der Waals surface area contributed by atoms with Crippen LogP contribution in [0.15, 0.2) is 16.6 Å². The molecule has 20 heavy (non-hydrogen) atoms. The maximum Gasteiger partial charge on any atom is 0.171 e. The first-order valence-corrected chi connectivity index (χ1v) is 7.06. The second-order valence-corrected chi connectivity index (χ2v) is 5.18. The van der Waals surface area contributed by atoms with Gasteiger partial charge in [0, 0.05) is 17.6 Å². The molecule has 108 valence electrons. The zero-order valence-electron chi connectivity index (χ0n) is 12.0. The van der Waals surface area contributed by atoms with Crippen LogP contribution < -0.4 is 15.2 Å². The number of nitrogen functional groups attached to an aromatic ring is 1. The number of anilines is 1. The van der Waals surface area contributed by atoms with Crippen LogP contribution in [0, 0.1) is 0 Å². The molecule has 2 aromatic rings. The quantitative estimate of drug-likeness (QED) is 0.929. The third-order valence-corrected chi connectivity index (χ3v) is 4.14. The van der Waals surface area contributed by atoms with Crippen molar-refractivity contribution >= 4 is 21.7 Å².